The first kappa shape index (κ1) is 10.8. The Labute approximate surface area is 95.3 Å². The molecule has 0 aliphatic carbocycles. The number of pyridine rings is 1. The maximum absolute atomic E-state index is 4.31. The van der Waals surface area contributed by atoms with Crippen molar-refractivity contribution in [2.45, 2.75) is 19.5 Å². The van der Waals surface area contributed by atoms with E-state index >= 15 is 0 Å². The fraction of sp³-hybridized carbons (Fsp3) is 0.333. The largest absolute Gasteiger partial charge is 0.303 e. The summed E-state index contributed by atoms with van der Waals surface area (Å²) in [4.78, 5) is 4.31. The predicted molar refractivity (Wildman–Crippen MR) is 62.7 cm³/mol. The average molecular weight is 216 g/mol. The highest BCUT2D eigenvalue weighted by atomic mass is 15.3. The van der Waals surface area contributed by atoms with Crippen molar-refractivity contribution in [2.75, 3.05) is 0 Å². The Morgan fingerprint density at radius 1 is 1.38 bits per heavy atom. The Bertz CT molecular complexity index is 435. The summed E-state index contributed by atoms with van der Waals surface area (Å²) in [5, 5.41) is 7.70. The quantitative estimate of drug-likeness (QED) is 0.845. The van der Waals surface area contributed by atoms with Crippen LogP contribution >= 0.6 is 0 Å². The standard InChI is InChI=1S/C12H16N4/c1-10(12-5-3-4-7-13-12)14-9-11-6-8-16(2)15-11/h3-8,10,14H,9H2,1-2H3/t10-/m0/s1. The van der Waals surface area contributed by atoms with Gasteiger partial charge in [-0.1, -0.05) is 6.07 Å². The van der Waals surface area contributed by atoms with Crippen molar-refractivity contribution in [2.24, 2.45) is 7.05 Å². The SMILES string of the molecule is C[C@H](NCc1ccn(C)n1)c1ccccn1. The van der Waals surface area contributed by atoms with Crippen molar-refractivity contribution in [3.63, 3.8) is 0 Å². The zero-order valence-corrected chi connectivity index (χ0v) is 9.59. The Hall–Kier alpha value is -1.68. The van der Waals surface area contributed by atoms with E-state index in [1.807, 2.05) is 48.4 Å². The van der Waals surface area contributed by atoms with Gasteiger partial charge in [0.1, 0.15) is 0 Å². The fourth-order valence-electron chi connectivity index (χ4n) is 1.55. The van der Waals surface area contributed by atoms with Crippen molar-refractivity contribution in [3.05, 3.63) is 48.0 Å². The third-order valence-corrected chi connectivity index (χ3v) is 2.49. The molecule has 0 amide bonds. The highest BCUT2D eigenvalue weighted by Gasteiger charge is 2.05. The second-order valence-electron chi connectivity index (χ2n) is 3.84. The Balaban J connectivity index is 1.91. The average Bonchev–Trinajstić information content (AvgIpc) is 2.73. The van der Waals surface area contributed by atoms with Crippen LogP contribution in [0, 0.1) is 0 Å². The van der Waals surface area contributed by atoms with Crippen molar-refractivity contribution < 1.29 is 0 Å². The Morgan fingerprint density at radius 2 is 2.25 bits per heavy atom. The molecule has 0 saturated carbocycles. The van der Waals surface area contributed by atoms with Crippen LogP contribution in [0.25, 0.3) is 0 Å². The van der Waals surface area contributed by atoms with Crippen LogP contribution in [0.1, 0.15) is 24.4 Å². The number of aryl methyl sites for hydroxylation is 1. The van der Waals surface area contributed by atoms with Gasteiger partial charge in [-0.15, -0.1) is 0 Å². The molecule has 2 heterocycles. The molecule has 0 unspecified atom stereocenters. The maximum atomic E-state index is 4.31. The summed E-state index contributed by atoms with van der Waals surface area (Å²) in [6, 6.07) is 8.20. The normalized spacial score (nSPS) is 12.6. The Morgan fingerprint density at radius 3 is 2.88 bits per heavy atom. The molecule has 0 radical (unpaired) electrons. The molecule has 16 heavy (non-hydrogen) atoms. The van der Waals surface area contributed by atoms with Gasteiger partial charge >= 0.3 is 0 Å². The smallest absolute Gasteiger partial charge is 0.0762 e. The summed E-state index contributed by atoms with van der Waals surface area (Å²) in [6.07, 6.45) is 3.76. The third-order valence-electron chi connectivity index (χ3n) is 2.49. The molecule has 0 fully saturated rings. The van der Waals surface area contributed by atoms with Crippen LogP contribution in [-0.2, 0) is 13.6 Å². The lowest BCUT2D eigenvalue weighted by atomic mass is 10.2. The van der Waals surface area contributed by atoms with Crippen LogP contribution in [-0.4, -0.2) is 14.8 Å². The molecule has 0 aliphatic heterocycles. The summed E-state index contributed by atoms with van der Waals surface area (Å²) in [6.45, 7) is 2.86. The van der Waals surface area contributed by atoms with Gasteiger partial charge in [-0.05, 0) is 25.1 Å². The first-order valence-electron chi connectivity index (χ1n) is 5.38. The molecule has 4 heteroatoms. The number of rotatable bonds is 4. The molecule has 0 aliphatic rings. The highest BCUT2D eigenvalue weighted by molar-refractivity contribution is 5.08. The molecule has 2 aromatic heterocycles. The molecule has 0 spiro atoms. The summed E-state index contributed by atoms with van der Waals surface area (Å²) < 4.78 is 1.81. The van der Waals surface area contributed by atoms with Crippen molar-refractivity contribution in [1.29, 1.82) is 0 Å². The number of hydrogen-bond donors (Lipinski definition) is 1. The molecule has 2 aromatic rings. The van der Waals surface area contributed by atoms with E-state index in [0.717, 1.165) is 17.9 Å². The van der Waals surface area contributed by atoms with Crippen LogP contribution in [0.4, 0.5) is 0 Å². The second-order valence-corrected chi connectivity index (χ2v) is 3.84. The van der Waals surface area contributed by atoms with E-state index in [-0.39, 0.29) is 6.04 Å². The van der Waals surface area contributed by atoms with E-state index in [9.17, 15) is 0 Å². The highest BCUT2D eigenvalue weighted by Crippen LogP contribution is 2.08. The van der Waals surface area contributed by atoms with Gasteiger partial charge in [-0.3, -0.25) is 9.67 Å². The van der Waals surface area contributed by atoms with Gasteiger partial charge < -0.3 is 5.32 Å². The molecule has 1 N–H and O–H groups in total. The van der Waals surface area contributed by atoms with Crippen LogP contribution in [0.15, 0.2) is 36.7 Å². The van der Waals surface area contributed by atoms with Gasteiger partial charge in [0.15, 0.2) is 0 Å². The molecule has 0 saturated heterocycles. The Kier molecular flexibility index (Phi) is 3.31. The predicted octanol–water partition coefficient (Wildman–Crippen LogP) is 1.67. The van der Waals surface area contributed by atoms with Gasteiger partial charge in [-0.2, -0.15) is 5.10 Å². The maximum Gasteiger partial charge on any atom is 0.0762 e. The molecule has 2 rings (SSSR count). The van der Waals surface area contributed by atoms with Gasteiger partial charge in [0.2, 0.25) is 0 Å². The minimum Gasteiger partial charge on any atom is -0.303 e. The van der Waals surface area contributed by atoms with E-state index in [1.54, 1.807) is 0 Å². The molecule has 1 atom stereocenters. The van der Waals surface area contributed by atoms with E-state index in [4.69, 9.17) is 0 Å². The van der Waals surface area contributed by atoms with Gasteiger partial charge in [0.25, 0.3) is 0 Å². The van der Waals surface area contributed by atoms with Crippen molar-refractivity contribution >= 4 is 0 Å². The number of nitrogens with one attached hydrogen (secondary N) is 1. The first-order chi connectivity index (χ1) is 7.75. The molecule has 4 nitrogen and oxygen atoms in total. The molecule has 84 valence electrons. The summed E-state index contributed by atoms with van der Waals surface area (Å²) >= 11 is 0. The molecular formula is C12H16N4. The zero-order valence-electron chi connectivity index (χ0n) is 9.59. The first-order valence-corrected chi connectivity index (χ1v) is 5.38. The fourth-order valence-corrected chi connectivity index (χ4v) is 1.55. The van der Waals surface area contributed by atoms with Crippen LogP contribution in [0.3, 0.4) is 0 Å². The number of nitrogens with zero attached hydrogens (tertiary/aromatic N) is 3. The topological polar surface area (TPSA) is 42.7 Å². The molecular weight excluding hydrogens is 200 g/mol. The summed E-state index contributed by atoms with van der Waals surface area (Å²) in [5.74, 6) is 0. The van der Waals surface area contributed by atoms with Gasteiger partial charge in [-0.25, -0.2) is 0 Å². The number of aromatic nitrogens is 3. The van der Waals surface area contributed by atoms with Gasteiger partial charge in [0.05, 0.1) is 11.4 Å². The lowest BCUT2D eigenvalue weighted by Gasteiger charge is -2.11. The van der Waals surface area contributed by atoms with E-state index in [1.165, 1.54) is 0 Å². The minimum atomic E-state index is 0.239. The van der Waals surface area contributed by atoms with Crippen LogP contribution in [0.2, 0.25) is 0 Å². The van der Waals surface area contributed by atoms with Crippen molar-refractivity contribution in [1.82, 2.24) is 20.1 Å². The zero-order chi connectivity index (χ0) is 11.4. The molecule has 0 bridgehead atoms. The van der Waals surface area contributed by atoms with E-state index in [0.29, 0.717) is 0 Å². The minimum absolute atomic E-state index is 0.239. The summed E-state index contributed by atoms with van der Waals surface area (Å²) in [5.41, 5.74) is 2.10. The van der Waals surface area contributed by atoms with E-state index < -0.39 is 0 Å². The lowest BCUT2D eigenvalue weighted by molar-refractivity contribution is 0.550. The number of hydrogen-bond acceptors (Lipinski definition) is 3. The van der Waals surface area contributed by atoms with Crippen LogP contribution < -0.4 is 5.32 Å². The van der Waals surface area contributed by atoms with Crippen LogP contribution in [0.5, 0.6) is 0 Å². The van der Waals surface area contributed by atoms with E-state index in [2.05, 4.69) is 22.3 Å². The second kappa shape index (κ2) is 4.90. The third kappa shape index (κ3) is 2.67. The van der Waals surface area contributed by atoms with Crippen molar-refractivity contribution in [3.8, 4) is 0 Å². The lowest BCUT2D eigenvalue weighted by Crippen LogP contribution is -2.19. The van der Waals surface area contributed by atoms with Gasteiger partial charge in [0, 0.05) is 32.0 Å². The summed E-state index contributed by atoms with van der Waals surface area (Å²) in [7, 11) is 1.92. The molecule has 0 aromatic carbocycles. The monoisotopic (exact) mass is 216 g/mol.